The molecule has 0 nitrogen and oxygen atoms in total. The minimum atomic E-state index is 0.275. The van der Waals surface area contributed by atoms with E-state index < -0.39 is 0 Å². The summed E-state index contributed by atoms with van der Waals surface area (Å²) in [5, 5.41) is 0. The molecule has 2 unspecified atom stereocenters. The first-order valence-corrected chi connectivity index (χ1v) is 16.8. The van der Waals surface area contributed by atoms with Crippen molar-refractivity contribution in [1.82, 2.24) is 0 Å². The molecule has 0 saturated carbocycles. The second-order valence-electron chi connectivity index (χ2n) is 12.8. The Morgan fingerprint density at radius 2 is 1.13 bits per heavy atom. The molecule has 0 heterocycles. The van der Waals surface area contributed by atoms with Gasteiger partial charge in [0, 0.05) is 11.8 Å². The lowest BCUT2D eigenvalue weighted by Crippen LogP contribution is -2.23. The molecule has 0 amide bonds. The largest absolute Gasteiger partial charge is 0.0879 e. The Morgan fingerprint density at radius 3 is 1.78 bits per heavy atom. The van der Waals surface area contributed by atoms with Crippen LogP contribution < -0.4 is 0 Å². The zero-order valence-corrected chi connectivity index (χ0v) is 27.0. The van der Waals surface area contributed by atoms with E-state index in [1.54, 1.807) is 5.57 Å². The lowest BCUT2D eigenvalue weighted by molar-refractivity contribution is 0.566. The van der Waals surface area contributed by atoms with Gasteiger partial charge < -0.3 is 0 Å². The van der Waals surface area contributed by atoms with Crippen molar-refractivity contribution in [2.24, 2.45) is 11.8 Å². The van der Waals surface area contributed by atoms with Gasteiger partial charge in [-0.15, -0.1) is 0 Å². The van der Waals surface area contributed by atoms with E-state index >= 15 is 0 Å². The Balaban J connectivity index is 1.46. The van der Waals surface area contributed by atoms with Crippen LogP contribution in [0.1, 0.15) is 59.1 Å². The number of benzene rings is 4. The van der Waals surface area contributed by atoms with Crippen molar-refractivity contribution in [2.45, 2.75) is 39.5 Å². The quantitative estimate of drug-likeness (QED) is 0.195. The average Bonchev–Trinajstić information content (AvgIpc) is 3.50. The predicted octanol–water partition coefficient (Wildman–Crippen LogP) is 12.0. The van der Waals surface area contributed by atoms with E-state index in [-0.39, 0.29) is 11.8 Å². The third-order valence-corrected chi connectivity index (χ3v) is 9.75. The predicted molar refractivity (Wildman–Crippen MR) is 196 cm³/mol. The van der Waals surface area contributed by atoms with E-state index in [1.807, 2.05) is 0 Å². The highest BCUT2D eigenvalue weighted by atomic mass is 14.4. The van der Waals surface area contributed by atoms with Crippen LogP contribution in [0.4, 0.5) is 0 Å². The molecule has 2 atom stereocenters. The second-order valence-corrected chi connectivity index (χ2v) is 12.8. The number of hydrogen-bond donors (Lipinski definition) is 0. The van der Waals surface area contributed by atoms with Gasteiger partial charge in [0.2, 0.25) is 0 Å². The normalized spacial score (nSPS) is 19.9. The summed E-state index contributed by atoms with van der Waals surface area (Å²) in [5.74, 6) is 0.558. The maximum Gasteiger partial charge on any atom is 0.00961 e. The van der Waals surface area contributed by atoms with Crippen molar-refractivity contribution in [3.63, 3.8) is 0 Å². The van der Waals surface area contributed by atoms with Crippen molar-refractivity contribution in [1.29, 1.82) is 0 Å². The molecule has 7 rings (SSSR count). The van der Waals surface area contributed by atoms with Gasteiger partial charge in [-0.25, -0.2) is 0 Å². The molecule has 0 saturated heterocycles. The molecule has 0 bridgehead atoms. The number of fused-ring (bicyclic) bond motifs is 1. The summed E-state index contributed by atoms with van der Waals surface area (Å²) in [5.41, 5.74) is 16.3. The van der Waals surface area contributed by atoms with Gasteiger partial charge in [-0.2, -0.15) is 0 Å². The SMILES string of the molecule is Cc1ccc(/C(=C/C2=C3CC=CC=CC3C(/C=C(\c3ccccc3)c3ccc(C)cc3)C3=C2CCC=CC3)c2ccccc2)cc1. The van der Waals surface area contributed by atoms with E-state index in [4.69, 9.17) is 0 Å². The van der Waals surface area contributed by atoms with Crippen molar-refractivity contribution >= 4 is 11.1 Å². The first-order chi connectivity index (χ1) is 22.7. The summed E-state index contributed by atoms with van der Waals surface area (Å²) in [7, 11) is 0. The summed E-state index contributed by atoms with van der Waals surface area (Å²) in [4.78, 5) is 0. The molecule has 46 heavy (non-hydrogen) atoms. The Kier molecular flexibility index (Phi) is 8.79. The minimum Gasteiger partial charge on any atom is -0.0879 e. The lowest BCUT2D eigenvalue weighted by atomic mass is 9.68. The van der Waals surface area contributed by atoms with Crippen LogP contribution in [0.3, 0.4) is 0 Å². The van der Waals surface area contributed by atoms with Crippen molar-refractivity contribution in [3.8, 4) is 0 Å². The van der Waals surface area contributed by atoms with E-state index in [0.29, 0.717) is 0 Å². The van der Waals surface area contributed by atoms with Gasteiger partial charge in [-0.1, -0.05) is 174 Å². The molecule has 3 aliphatic rings. The molecule has 0 radical (unpaired) electrons. The summed E-state index contributed by atoms with van der Waals surface area (Å²) in [6, 6.07) is 40.0. The molecule has 0 aliphatic heterocycles. The number of hydrogen-bond acceptors (Lipinski definition) is 0. The second kappa shape index (κ2) is 13.6. The zero-order chi connectivity index (χ0) is 31.3. The Bertz CT molecular complexity index is 1900. The van der Waals surface area contributed by atoms with Gasteiger partial charge in [-0.05, 0) is 90.2 Å². The van der Waals surface area contributed by atoms with Crippen LogP contribution in [0.15, 0.2) is 180 Å². The smallest absolute Gasteiger partial charge is 0.00961 e. The van der Waals surface area contributed by atoms with Crippen molar-refractivity contribution in [2.75, 3.05) is 0 Å². The molecular formula is C46H42. The topological polar surface area (TPSA) is 0 Å². The molecule has 226 valence electrons. The molecule has 0 fully saturated rings. The van der Waals surface area contributed by atoms with Crippen molar-refractivity contribution < 1.29 is 0 Å². The van der Waals surface area contributed by atoms with Crippen molar-refractivity contribution in [3.05, 3.63) is 213 Å². The van der Waals surface area contributed by atoms with Gasteiger partial charge in [0.05, 0.1) is 0 Å². The summed E-state index contributed by atoms with van der Waals surface area (Å²) < 4.78 is 0. The van der Waals surface area contributed by atoms with Gasteiger partial charge in [-0.3, -0.25) is 0 Å². The van der Waals surface area contributed by atoms with E-state index in [1.165, 1.54) is 61.2 Å². The molecule has 0 spiro atoms. The van der Waals surface area contributed by atoms with Crippen LogP contribution in [0.2, 0.25) is 0 Å². The minimum absolute atomic E-state index is 0.275. The van der Waals surface area contributed by atoms with Crippen LogP contribution in [-0.4, -0.2) is 0 Å². The third-order valence-electron chi connectivity index (χ3n) is 9.75. The molecule has 0 aromatic heterocycles. The summed E-state index contributed by atoms with van der Waals surface area (Å²) in [6.45, 7) is 4.33. The maximum absolute atomic E-state index is 2.60. The van der Waals surface area contributed by atoms with Crippen LogP contribution in [0.25, 0.3) is 11.1 Å². The standard InChI is InChI=1S/C46H42/c1-33-23-27-37(28-24-33)43(35-15-7-3-8-16-35)31-45-39-19-11-5-13-21-41(39)46(42-22-14-6-12-20-40(42)45)32-44(36-17-9-4-10-18-36)38-29-25-34(2)26-30-38/h3-13,15-19,23-32,39,45H,14,20-22H2,1-2H3/b43-31+,44-32+. The zero-order valence-electron chi connectivity index (χ0n) is 27.0. The maximum atomic E-state index is 2.60. The lowest BCUT2D eigenvalue weighted by Gasteiger charge is -2.36. The molecule has 0 N–H and O–H groups in total. The van der Waals surface area contributed by atoms with Gasteiger partial charge in [0.1, 0.15) is 0 Å². The first kappa shape index (κ1) is 29.8. The fourth-order valence-electron chi connectivity index (χ4n) is 7.33. The molecule has 4 aromatic carbocycles. The Labute approximate surface area is 275 Å². The number of allylic oxidation sites excluding steroid dienone is 12. The summed E-state index contributed by atoms with van der Waals surface area (Å²) in [6.07, 6.45) is 23.4. The van der Waals surface area contributed by atoms with E-state index in [2.05, 4.69) is 172 Å². The highest BCUT2D eigenvalue weighted by Crippen LogP contribution is 2.49. The van der Waals surface area contributed by atoms with Gasteiger partial charge in [0.25, 0.3) is 0 Å². The fraction of sp³-hybridized carbons (Fsp3) is 0.174. The molecule has 3 aliphatic carbocycles. The van der Waals surface area contributed by atoms with Gasteiger partial charge >= 0.3 is 0 Å². The average molecular weight is 595 g/mol. The molecule has 0 heteroatoms. The highest BCUT2D eigenvalue weighted by molar-refractivity contribution is 5.84. The van der Waals surface area contributed by atoms with Crippen LogP contribution in [0.5, 0.6) is 0 Å². The third kappa shape index (κ3) is 6.26. The Morgan fingerprint density at radius 1 is 0.565 bits per heavy atom. The van der Waals surface area contributed by atoms with Crippen LogP contribution in [-0.2, 0) is 0 Å². The van der Waals surface area contributed by atoms with Gasteiger partial charge in [0.15, 0.2) is 0 Å². The molecule has 4 aromatic rings. The number of aryl methyl sites for hydroxylation is 2. The van der Waals surface area contributed by atoms with E-state index in [9.17, 15) is 0 Å². The van der Waals surface area contributed by atoms with E-state index in [0.717, 1.165) is 25.7 Å². The van der Waals surface area contributed by atoms with Crippen LogP contribution in [0, 0.1) is 25.7 Å². The first-order valence-electron chi connectivity index (χ1n) is 16.8. The number of rotatable bonds is 6. The van der Waals surface area contributed by atoms with Crippen LogP contribution >= 0.6 is 0 Å². The Hall–Kier alpha value is -4.94. The fourth-order valence-corrected chi connectivity index (χ4v) is 7.33. The summed E-state index contributed by atoms with van der Waals surface area (Å²) >= 11 is 0. The highest BCUT2D eigenvalue weighted by Gasteiger charge is 2.34. The monoisotopic (exact) mass is 594 g/mol. The molecular weight excluding hydrogens is 553 g/mol.